The molecule has 2 atom stereocenters. The van der Waals surface area contributed by atoms with Crippen molar-refractivity contribution in [3.05, 3.63) is 95.3 Å². The molecule has 2 heterocycles. The summed E-state index contributed by atoms with van der Waals surface area (Å²) < 4.78 is 6.53. The summed E-state index contributed by atoms with van der Waals surface area (Å²) in [5.41, 5.74) is 4.65. The molecule has 166 valence electrons. The van der Waals surface area contributed by atoms with Crippen LogP contribution in [0.4, 0.5) is 5.69 Å². The van der Waals surface area contributed by atoms with Gasteiger partial charge in [0.2, 0.25) is 0 Å². The number of nitrogens with zero attached hydrogens (tertiary/aromatic N) is 2. The van der Waals surface area contributed by atoms with E-state index in [1.165, 1.54) is 5.56 Å². The van der Waals surface area contributed by atoms with E-state index >= 15 is 0 Å². The van der Waals surface area contributed by atoms with Crippen LogP contribution in [0.2, 0.25) is 0 Å². The first-order valence-corrected chi connectivity index (χ1v) is 12.2. The van der Waals surface area contributed by atoms with E-state index in [0.717, 1.165) is 39.8 Å². The van der Waals surface area contributed by atoms with Gasteiger partial charge in [0.05, 0.1) is 6.57 Å². The average Bonchev–Trinajstić information content (AvgIpc) is 3.20. The molecule has 1 spiro atoms. The second-order valence-corrected chi connectivity index (χ2v) is 10.7. The number of nitrogens with one attached hydrogen (secondary N) is 1. The highest BCUT2D eigenvalue weighted by Gasteiger charge is 2.46. The number of ether oxygens (including phenoxy) is 1. The third-order valence-corrected chi connectivity index (χ3v) is 7.09. The van der Waals surface area contributed by atoms with E-state index in [-0.39, 0.29) is 17.2 Å². The predicted molar refractivity (Wildman–Crippen MR) is 137 cm³/mol. The van der Waals surface area contributed by atoms with Crippen molar-refractivity contribution in [3.8, 4) is 16.9 Å². The van der Waals surface area contributed by atoms with Crippen LogP contribution in [0.5, 0.6) is 5.75 Å². The van der Waals surface area contributed by atoms with Crippen LogP contribution in [-0.4, -0.2) is 16.5 Å². The van der Waals surface area contributed by atoms with E-state index in [0.29, 0.717) is 5.69 Å². The van der Waals surface area contributed by atoms with Crippen LogP contribution in [0.15, 0.2) is 77.8 Å². The van der Waals surface area contributed by atoms with Crippen molar-refractivity contribution in [2.75, 3.05) is 5.75 Å². The Balaban J connectivity index is 1.61. The van der Waals surface area contributed by atoms with Crippen LogP contribution in [0.3, 0.4) is 0 Å². The molecule has 1 N–H and O–H groups in total. The van der Waals surface area contributed by atoms with Gasteiger partial charge in [0, 0.05) is 23.3 Å². The summed E-state index contributed by atoms with van der Waals surface area (Å²) in [4.78, 5) is 8.88. The van der Waals surface area contributed by atoms with Crippen LogP contribution in [-0.2, 0) is 5.54 Å². The highest BCUT2D eigenvalue weighted by molar-refractivity contribution is 8.14. The monoisotopic (exact) mass is 453 g/mol. The van der Waals surface area contributed by atoms with Gasteiger partial charge in [-0.25, -0.2) is 9.84 Å². The summed E-state index contributed by atoms with van der Waals surface area (Å²) in [5.74, 6) is 1.76. The van der Waals surface area contributed by atoms with Gasteiger partial charge in [0.1, 0.15) is 17.4 Å². The normalized spacial score (nSPS) is 21.6. The standard InChI is InChI=1S/C28H27N3OS/c1-27(2,3)30-26-31-28(18-33-26)17-25(19-9-6-5-7-10-19)32-24-14-13-21(16-23(24)28)20-11-8-12-22(15-20)29-4/h5-16,25H,17-18H2,1-3H3,(H,30,31). The molecule has 2 aliphatic heterocycles. The molecule has 3 aromatic carbocycles. The van der Waals surface area contributed by atoms with Gasteiger partial charge in [-0.15, -0.1) is 0 Å². The number of benzene rings is 3. The van der Waals surface area contributed by atoms with Gasteiger partial charge in [0.25, 0.3) is 0 Å². The molecular formula is C28H27N3OS. The molecule has 0 radical (unpaired) electrons. The van der Waals surface area contributed by atoms with E-state index in [4.69, 9.17) is 16.3 Å². The molecule has 5 rings (SSSR count). The Hall–Kier alpha value is -3.23. The molecule has 0 bridgehead atoms. The van der Waals surface area contributed by atoms with Gasteiger partial charge in [-0.3, -0.25) is 0 Å². The molecule has 3 aromatic rings. The molecule has 0 saturated heterocycles. The maximum Gasteiger partial charge on any atom is 0.187 e. The molecule has 4 nitrogen and oxygen atoms in total. The van der Waals surface area contributed by atoms with Gasteiger partial charge in [-0.05, 0) is 55.7 Å². The fourth-order valence-corrected chi connectivity index (χ4v) is 5.80. The van der Waals surface area contributed by atoms with E-state index in [1.807, 2.05) is 24.3 Å². The smallest absolute Gasteiger partial charge is 0.187 e. The maximum atomic E-state index is 7.36. The number of rotatable bonds is 2. The van der Waals surface area contributed by atoms with Crippen LogP contribution in [0.1, 0.15) is 44.4 Å². The summed E-state index contributed by atoms with van der Waals surface area (Å²) in [6.45, 7) is 13.8. The lowest BCUT2D eigenvalue weighted by molar-refractivity contribution is 0.135. The van der Waals surface area contributed by atoms with Crippen molar-refractivity contribution in [2.45, 2.75) is 44.4 Å². The molecular weight excluding hydrogens is 426 g/mol. The summed E-state index contributed by atoms with van der Waals surface area (Å²) in [5, 5.41) is 4.56. The topological polar surface area (TPSA) is 38.0 Å². The number of thioether (sulfide) groups is 1. The molecule has 0 amide bonds. The van der Waals surface area contributed by atoms with Crippen molar-refractivity contribution >= 4 is 22.6 Å². The minimum absolute atomic E-state index is 0.0478. The number of amidine groups is 1. The first-order chi connectivity index (χ1) is 15.9. The Labute approximate surface area is 199 Å². The zero-order valence-corrected chi connectivity index (χ0v) is 19.9. The molecule has 0 saturated carbocycles. The van der Waals surface area contributed by atoms with E-state index in [9.17, 15) is 0 Å². The minimum Gasteiger partial charge on any atom is -0.485 e. The number of fused-ring (bicyclic) bond motifs is 2. The van der Waals surface area contributed by atoms with Crippen molar-refractivity contribution < 1.29 is 4.74 Å². The fourth-order valence-electron chi connectivity index (χ4n) is 4.47. The maximum absolute atomic E-state index is 7.36. The second-order valence-electron chi connectivity index (χ2n) is 9.71. The minimum atomic E-state index is -0.361. The quantitative estimate of drug-likeness (QED) is 0.420. The number of hydrogen-bond acceptors (Lipinski definition) is 4. The SMILES string of the molecule is [C-]#[N+]c1cccc(-c2ccc3c(c2)C2(CSC(NC(C)(C)C)=N2)CC(c2ccccc2)O3)c1. The average molecular weight is 454 g/mol. The molecule has 0 fully saturated rings. The Morgan fingerprint density at radius 2 is 1.82 bits per heavy atom. The first-order valence-electron chi connectivity index (χ1n) is 11.2. The van der Waals surface area contributed by atoms with E-state index in [1.54, 1.807) is 11.8 Å². The molecule has 0 aromatic heterocycles. The van der Waals surface area contributed by atoms with Gasteiger partial charge in [-0.2, -0.15) is 0 Å². The van der Waals surface area contributed by atoms with Crippen LogP contribution in [0.25, 0.3) is 16.0 Å². The van der Waals surface area contributed by atoms with Crippen LogP contribution in [0, 0.1) is 6.57 Å². The Morgan fingerprint density at radius 3 is 2.58 bits per heavy atom. The van der Waals surface area contributed by atoms with Crippen molar-refractivity contribution in [1.29, 1.82) is 0 Å². The second kappa shape index (κ2) is 8.28. The van der Waals surface area contributed by atoms with E-state index < -0.39 is 0 Å². The molecule has 33 heavy (non-hydrogen) atoms. The van der Waals surface area contributed by atoms with Crippen LogP contribution < -0.4 is 10.1 Å². The molecule has 5 heteroatoms. The van der Waals surface area contributed by atoms with Crippen molar-refractivity contribution in [2.24, 2.45) is 4.99 Å². The Bertz CT molecular complexity index is 1260. The Kier molecular flexibility index (Phi) is 5.42. The lowest BCUT2D eigenvalue weighted by Gasteiger charge is -2.38. The zero-order chi connectivity index (χ0) is 23.1. The summed E-state index contributed by atoms with van der Waals surface area (Å²) in [6, 6.07) is 24.6. The fraction of sp³-hybridized carbons (Fsp3) is 0.286. The summed E-state index contributed by atoms with van der Waals surface area (Å²) in [7, 11) is 0. The number of hydrogen-bond donors (Lipinski definition) is 1. The highest BCUT2D eigenvalue weighted by atomic mass is 32.2. The van der Waals surface area contributed by atoms with Gasteiger partial charge in [-0.1, -0.05) is 66.4 Å². The van der Waals surface area contributed by atoms with Gasteiger partial charge in [0.15, 0.2) is 10.9 Å². The molecule has 0 aliphatic carbocycles. The predicted octanol–water partition coefficient (Wildman–Crippen LogP) is 7.11. The van der Waals surface area contributed by atoms with Gasteiger partial charge >= 0.3 is 0 Å². The molecule has 2 unspecified atom stereocenters. The lowest BCUT2D eigenvalue weighted by Crippen LogP contribution is -2.39. The third kappa shape index (κ3) is 4.36. The molecule has 2 aliphatic rings. The first kappa shape index (κ1) is 21.6. The third-order valence-electron chi connectivity index (χ3n) is 6.00. The van der Waals surface area contributed by atoms with Gasteiger partial charge < -0.3 is 10.1 Å². The zero-order valence-electron chi connectivity index (χ0n) is 19.1. The lowest BCUT2D eigenvalue weighted by atomic mass is 9.81. The van der Waals surface area contributed by atoms with Crippen LogP contribution >= 0.6 is 11.8 Å². The highest BCUT2D eigenvalue weighted by Crippen LogP contribution is 2.52. The van der Waals surface area contributed by atoms with Crippen molar-refractivity contribution in [1.82, 2.24) is 5.32 Å². The van der Waals surface area contributed by atoms with Crippen molar-refractivity contribution in [3.63, 3.8) is 0 Å². The summed E-state index contributed by atoms with van der Waals surface area (Å²) >= 11 is 1.79. The summed E-state index contributed by atoms with van der Waals surface area (Å²) in [6.07, 6.45) is 0.742. The number of aliphatic imine (C=N–C) groups is 1. The Morgan fingerprint density at radius 1 is 1.03 bits per heavy atom. The van der Waals surface area contributed by atoms with E-state index in [2.05, 4.69) is 79.5 Å². The largest absolute Gasteiger partial charge is 0.485 e.